The van der Waals surface area contributed by atoms with E-state index in [2.05, 4.69) is 11.1 Å². The van der Waals surface area contributed by atoms with Gasteiger partial charge in [-0.2, -0.15) is 8.42 Å². The quantitative estimate of drug-likeness (QED) is 0.416. The van der Waals surface area contributed by atoms with Crippen molar-refractivity contribution >= 4 is 16.1 Å². The lowest BCUT2D eigenvalue weighted by molar-refractivity contribution is -0.138. The Hall–Kier alpha value is -0.620. The molecule has 0 bridgehead atoms. The molecule has 0 amide bonds. The molecule has 0 aromatic carbocycles. The molecule has 0 radical (unpaired) electrons. The van der Waals surface area contributed by atoms with Crippen LogP contribution >= 0.6 is 0 Å². The molecule has 2 N–H and O–H groups in total. The lowest BCUT2D eigenvalue weighted by Crippen LogP contribution is -2.24. The van der Waals surface area contributed by atoms with Gasteiger partial charge in [0.2, 0.25) is 0 Å². The second-order valence-corrected chi connectivity index (χ2v) is 7.31. The second-order valence-electron chi connectivity index (χ2n) is 5.62. The summed E-state index contributed by atoms with van der Waals surface area (Å²) in [6.45, 7) is 3.87. The minimum atomic E-state index is -3.80. The lowest BCUT2D eigenvalue weighted by atomic mass is 10.0. The number of unbranched alkanes of at least 4 members (excludes halogenated alkanes) is 7. The summed E-state index contributed by atoms with van der Waals surface area (Å²) in [5.41, 5.74) is 5.15. The van der Waals surface area contributed by atoms with Crippen molar-refractivity contribution in [1.29, 1.82) is 0 Å². The molecule has 0 saturated heterocycles. The molecule has 1 unspecified atom stereocenters. The monoisotopic (exact) mass is 321 g/mol. The van der Waals surface area contributed by atoms with E-state index in [9.17, 15) is 13.2 Å². The van der Waals surface area contributed by atoms with Crippen molar-refractivity contribution in [3.05, 3.63) is 0 Å². The Morgan fingerprint density at radius 1 is 1.05 bits per heavy atom. The third-order valence-corrected chi connectivity index (χ3v) is 4.62. The van der Waals surface area contributed by atoms with Gasteiger partial charge < -0.3 is 9.92 Å². The maximum Gasteiger partial charge on any atom is 0.324 e. The third kappa shape index (κ3) is 11.7. The first kappa shape index (κ1) is 20.4. The number of rotatable bonds is 13. The Labute approximate surface area is 129 Å². The van der Waals surface area contributed by atoms with Gasteiger partial charge in [0.05, 0.1) is 11.7 Å². The van der Waals surface area contributed by atoms with Crippen molar-refractivity contribution in [1.82, 2.24) is 0 Å². The highest BCUT2D eigenvalue weighted by Crippen LogP contribution is 2.15. The van der Waals surface area contributed by atoms with Crippen LogP contribution in [0.2, 0.25) is 0 Å². The maximum atomic E-state index is 11.6. The molecule has 0 aliphatic rings. The lowest BCUT2D eigenvalue weighted by Gasteiger charge is -2.10. The van der Waals surface area contributed by atoms with Crippen LogP contribution in [0.3, 0.4) is 0 Å². The molecule has 0 fully saturated rings. The number of hydrogen-bond donors (Lipinski definition) is 1. The summed E-state index contributed by atoms with van der Waals surface area (Å²) in [6, 6.07) is 0. The predicted octanol–water partition coefficient (Wildman–Crippen LogP) is 2.99. The van der Waals surface area contributed by atoms with Gasteiger partial charge in [-0.25, -0.2) is 0 Å². The zero-order valence-electron chi connectivity index (χ0n) is 13.5. The largest absolute Gasteiger partial charge is 0.345 e. The van der Waals surface area contributed by atoms with E-state index in [1.807, 2.05) is 0 Å². The summed E-state index contributed by atoms with van der Waals surface area (Å²) in [6.07, 6.45) is 10.3. The van der Waals surface area contributed by atoms with E-state index in [1.165, 1.54) is 38.5 Å². The van der Waals surface area contributed by atoms with E-state index >= 15 is 0 Å². The molecule has 0 aliphatic carbocycles. The first-order valence-corrected chi connectivity index (χ1v) is 9.66. The van der Waals surface area contributed by atoms with Crippen molar-refractivity contribution in [3.63, 3.8) is 0 Å². The highest BCUT2D eigenvalue weighted by molar-refractivity contribution is 7.87. The molecule has 21 heavy (non-hydrogen) atoms. The third-order valence-electron chi connectivity index (χ3n) is 3.47. The summed E-state index contributed by atoms with van der Waals surface area (Å²) < 4.78 is 27.2. The average Bonchev–Trinajstić information content (AvgIpc) is 2.40. The Balaban J connectivity index is 3.69. The summed E-state index contributed by atoms with van der Waals surface area (Å²) in [7, 11) is -3.80. The zero-order chi connectivity index (χ0) is 16.1. The summed E-state index contributed by atoms with van der Waals surface area (Å²) in [5.74, 6) is -1.35. The van der Waals surface area contributed by atoms with E-state index in [4.69, 9.17) is 5.73 Å². The van der Waals surface area contributed by atoms with Crippen molar-refractivity contribution in [2.45, 2.75) is 71.6 Å². The fraction of sp³-hybridized carbons (Fsp3) is 0.933. The number of carbonyl (C=O) groups is 1. The SMILES string of the molecule is CCCCCCCCCCC(C)C(=O)OS(=O)(=O)CCN. The molecule has 6 heteroatoms. The molecular formula is C15H31NO4S. The molecule has 0 rings (SSSR count). The zero-order valence-corrected chi connectivity index (χ0v) is 14.3. The first-order chi connectivity index (χ1) is 9.93. The summed E-state index contributed by atoms with van der Waals surface area (Å²) in [5, 5.41) is 0. The van der Waals surface area contributed by atoms with E-state index in [0.717, 1.165) is 12.8 Å². The molecule has 0 aliphatic heterocycles. The van der Waals surface area contributed by atoms with Crippen molar-refractivity contribution in [3.8, 4) is 0 Å². The Morgan fingerprint density at radius 3 is 2.10 bits per heavy atom. The van der Waals surface area contributed by atoms with Crippen LogP contribution in [-0.2, 0) is 19.1 Å². The molecule has 0 aromatic rings. The molecule has 5 nitrogen and oxygen atoms in total. The molecule has 0 heterocycles. The van der Waals surface area contributed by atoms with Crippen LogP contribution in [-0.4, -0.2) is 26.7 Å². The van der Waals surface area contributed by atoms with E-state index < -0.39 is 16.1 Å². The average molecular weight is 321 g/mol. The van der Waals surface area contributed by atoms with E-state index in [-0.39, 0.29) is 18.2 Å². The van der Waals surface area contributed by atoms with Crippen LogP contribution in [0.1, 0.15) is 71.6 Å². The molecule has 126 valence electrons. The Morgan fingerprint density at radius 2 is 1.57 bits per heavy atom. The van der Waals surface area contributed by atoms with E-state index in [0.29, 0.717) is 6.42 Å². The molecule has 1 atom stereocenters. The number of carbonyl (C=O) groups excluding carboxylic acids is 1. The first-order valence-electron chi connectivity index (χ1n) is 8.09. The summed E-state index contributed by atoms with van der Waals surface area (Å²) >= 11 is 0. The van der Waals surface area contributed by atoms with Gasteiger partial charge in [-0.1, -0.05) is 65.2 Å². The van der Waals surface area contributed by atoms with Gasteiger partial charge in [0.1, 0.15) is 0 Å². The highest BCUT2D eigenvalue weighted by Gasteiger charge is 2.21. The van der Waals surface area contributed by atoms with Gasteiger partial charge in [-0.05, 0) is 6.42 Å². The predicted molar refractivity (Wildman–Crippen MR) is 85.3 cm³/mol. The van der Waals surface area contributed by atoms with Crippen molar-refractivity contribution in [2.24, 2.45) is 11.7 Å². The number of nitrogens with two attached hydrogens (primary N) is 1. The van der Waals surface area contributed by atoms with Crippen molar-refractivity contribution in [2.75, 3.05) is 12.3 Å². The van der Waals surface area contributed by atoms with Gasteiger partial charge in [-0.3, -0.25) is 4.79 Å². The van der Waals surface area contributed by atoms with Crippen molar-refractivity contribution < 1.29 is 17.4 Å². The Kier molecular flexibility index (Phi) is 11.6. The highest BCUT2D eigenvalue weighted by atomic mass is 32.2. The number of hydrogen-bond acceptors (Lipinski definition) is 5. The minimum Gasteiger partial charge on any atom is -0.345 e. The van der Waals surface area contributed by atoms with E-state index in [1.54, 1.807) is 6.92 Å². The molecular weight excluding hydrogens is 290 g/mol. The van der Waals surface area contributed by atoms with Gasteiger partial charge in [0, 0.05) is 6.54 Å². The van der Waals surface area contributed by atoms with Gasteiger partial charge in [0.25, 0.3) is 0 Å². The minimum absolute atomic E-state index is 0.0397. The fourth-order valence-corrected chi connectivity index (χ4v) is 2.88. The molecule has 0 aromatic heterocycles. The summed E-state index contributed by atoms with van der Waals surface area (Å²) in [4.78, 5) is 11.6. The normalized spacial score (nSPS) is 13.1. The topological polar surface area (TPSA) is 86.5 Å². The second kappa shape index (κ2) is 12.0. The molecule has 0 saturated carbocycles. The Bertz CT molecular complexity index is 368. The van der Waals surface area contributed by atoms with Crippen LogP contribution in [0, 0.1) is 5.92 Å². The maximum absolute atomic E-state index is 11.6. The van der Waals surface area contributed by atoms with Crippen LogP contribution in [0.25, 0.3) is 0 Å². The van der Waals surface area contributed by atoms with Crippen LogP contribution in [0.15, 0.2) is 0 Å². The van der Waals surface area contributed by atoms with Gasteiger partial charge in [0.15, 0.2) is 0 Å². The van der Waals surface area contributed by atoms with Crippen LogP contribution in [0.4, 0.5) is 0 Å². The van der Waals surface area contributed by atoms with Gasteiger partial charge >= 0.3 is 16.1 Å². The van der Waals surface area contributed by atoms with Crippen LogP contribution in [0.5, 0.6) is 0 Å². The van der Waals surface area contributed by atoms with Gasteiger partial charge in [-0.15, -0.1) is 0 Å². The smallest absolute Gasteiger partial charge is 0.324 e. The molecule has 0 spiro atoms. The van der Waals surface area contributed by atoms with Crippen LogP contribution < -0.4 is 5.73 Å². The fourth-order valence-electron chi connectivity index (χ4n) is 2.10. The standard InChI is InChI=1S/C15H31NO4S/c1-3-4-5-6-7-8-9-10-11-14(2)15(17)20-21(18,19)13-12-16/h14H,3-13,16H2,1-2H3.